The van der Waals surface area contributed by atoms with Gasteiger partial charge in [0, 0.05) is 28.4 Å². The number of nitrogens with zero attached hydrogens (tertiary/aromatic N) is 2. The van der Waals surface area contributed by atoms with E-state index in [4.69, 9.17) is 10.00 Å². The van der Waals surface area contributed by atoms with E-state index in [2.05, 4.69) is 6.07 Å². The van der Waals surface area contributed by atoms with Gasteiger partial charge in [-0.25, -0.2) is 0 Å². The van der Waals surface area contributed by atoms with Gasteiger partial charge in [0.1, 0.15) is 0 Å². The molecule has 18 heavy (non-hydrogen) atoms. The van der Waals surface area contributed by atoms with Crippen LogP contribution in [0.1, 0.15) is 20.1 Å². The molecule has 0 bridgehead atoms. The minimum atomic E-state index is -0.406. The summed E-state index contributed by atoms with van der Waals surface area (Å²) in [6.07, 6.45) is -0.406. The second-order valence-corrected chi connectivity index (χ2v) is 5.93. The third kappa shape index (κ3) is 2.96. The zero-order chi connectivity index (χ0) is 13.1. The van der Waals surface area contributed by atoms with E-state index in [1.807, 2.05) is 24.8 Å². The Morgan fingerprint density at radius 3 is 3.06 bits per heavy atom. The summed E-state index contributed by atoms with van der Waals surface area (Å²) in [4.78, 5) is 16.4. The van der Waals surface area contributed by atoms with Crippen molar-refractivity contribution >= 4 is 17.1 Å². The Morgan fingerprint density at radius 2 is 2.44 bits per heavy atom. The van der Waals surface area contributed by atoms with Gasteiger partial charge in [-0.2, -0.15) is 5.26 Å². The first kappa shape index (κ1) is 13.2. The average molecular weight is 264 g/mol. The van der Waals surface area contributed by atoms with Gasteiger partial charge >= 0.3 is 0 Å². The predicted octanol–water partition coefficient (Wildman–Crippen LogP) is 1.77. The third-order valence-electron chi connectivity index (χ3n) is 3.00. The third-order valence-corrected chi connectivity index (χ3v) is 3.97. The van der Waals surface area contributed by atoms with Crippen LogP contribution in [-0.4, -0.2) is 43.0 Å². The van der Waals surface area contributed by atoms with Gasteiger partial charge in [0.2, 0.25) is 0 Å². The van der Waals surface area contributed by atoms with Crippen LogP contribution in [-0.2, 0) is 4.74 Å². The number of carbonyl (C=O) groups excluding carboxylic acids is 1. The fraction of sp³-hybridized carbons (Fsp3) is 0.538. The predicted molar refractivity (Wildman–Crippen MR) is 69.9 cm³/mol. The zero-order valence-corrected chi connectivity index (χ0v) is 11.4. The summed E-state index contributed by atoms with van der Waals surface area (Å²) >= 11 is 1.65. The van der Waals surface area contributed by atoms with Crippen molar-refractivity contribution in [2.75, 3.05) is 26.2 Å². The van der Waals surface area contributed by atoms with Crippen molar-refractivity contribution < 1.29 is 9.53 Å². The van der Waals surface area contributed by atoms with Gasteiger partial charge in [-0.3, -0.25) is 9.69 Å². The summed E-state index contributed by atoms with van der Waals surface area (Å²) in [5, 5.41) is 8.82. The van der Waals surface area contributed by atoms with Crippen LogP contribution >= 0.6 is 11.3 Å². The summed E-state index contributed by atoms with van der Waals surface area (Å²) in [5.74, 6) is 0.135. The number of hydrogen-bond donors (Lipinski definition) is 0. The highest BCUT2D eigenvalue weighted by molar-refractivity contribution is 7.12. The van der Waals surface area contributed by atoms with Crippen molar-refractivity contribution in [3.05, 3.63) is 21.4 Å². The fourth-order valence-electron chi connectivity index (χ4n) is 2.12. The normalized spacial score (nSPS) is 20.6. The van der Waals surface area contributed by atoms with Crippen molar-refractivity contribution in [3.8, 4) is 6.07 Å². The summed E-state index contributed by atoms with van der Waals surface area (Å²) in [6.45, 7) is 6.11. The minimum Gasteiger partial charge on any atom is -0.361 e. The van der Waals surface area contributed by atoms with Crippen LogP contribution in [0.2, 0.25) is 0 Å². The first-order valence-electron chi connectivity index (χ1n) is 5.94. The van der Waals surface area contributed by atoms with Gasteiger partial charge in [0.15, 0.2) is 11.9 Å². The van der Waals surface area contributed by atoms with E-state index < -0.39 is 6.10 Å². The summed E-state index contributed by atoms with van der Waals surface area (Å²) < 4.78 is 5.26. The Hall–Kier alpha value is -1.22. The smallest absolute Gasteiger partial charge is 0.177 e. The largest absolute Gasteiger partial charge is 0.361 e. The maximum atomic E-state index is 12.2. The van der Waals surface area contributed by atoms with Crippen molar-refractivity contribution in [2.24, 2.45) is 0 Å². The molecule has 0 amide bonds. The highest BCUT2D eigenvalue weighted by atomic mass is 32.1. The Labute approximate surface area is 111 Å². The number of nitriles is 1. The van der Waals surface area contributed by atoms with Crippen LogP contribution in [0.15, 0.2) is 6.07 Å². The molecule has 1 saturated heterocycles. The van der Waals surface area contributed by atoms with Gasteiger partial charge in [-0.15, -0.1) is 11.3 Å². The molecule has 1 aromatic rings. The van der Waals surface area contributed by atoms with Crippen molar-refractivity contribution in [3.63, 3.8) is 0 Å². The maximum Gasteiger partial charge on any atom is 0.177 e. The molecule has 0 spiro atoms. The highest BCUT2D eigenvalue weighted by Gasteiger charge is 2.23. The molecule has 5 heteroatoms. The molecule has 0 saturated carbocycles. The lowest BCUT2D eigenvalue weighted by molar-refractivity contribution is 0.00241. The van der Waals surface area contributed by atoms with E-state index in [0.717, 1.165) is 15.3 Å². The molecule has 0 aliphatic carbocycles. The van der Waals surface area contributed by atoms with Crippen molar-refractivity contribution in [1.82, 2.24) is 4.90 Å². The molecule has 2 rings (SSSR count). The number of ketones is 1. The van der Waals surface area contributed by atoms with Crippen LogP contribution in [0.4, 0.5) is 0 Å². The molecular weight excluding hydrogens is 248 g/mol. The monoisotopic (exact) mass is 264 g/mol. The van der Waals surface area contributed by atoms with E-state index >= 15 is 0 Å². The highest BCUT2D eigenvalue weighted by Crippen LogP contribution is 2.21. The van der Waals surface area contributed by atoms with Crippen LogP contribution in [0, 0.1) is 25.2 Å². The lowest BCUT2D eigenvalue weighted by atomic mass is 10.1. The molecule has 1 aliphatic rings. The molecule has 4 nitrogen and oxygen atoms in total. The minimum absolute atomic E-state index is 0.135. The van der Waals surface area contributed by atoms with E-state index in [0.29, 0.717) is 26.2 Å². The maximum absolute atomic E-state index is 12.2. The molecule has 96 valence electrons. The molecule has 0 N–H and O–H groups in total. The van der Waals surface area contributed by atoms with Gasteiger partial charge in [-0.05, 0) is 19.9 Å². The standard InChI is InChI=1S/C13H16N2O2S/c1-9-5-12(10(2)18-9)13(16)8-15-3-4-17-11(6-14)7-15/h5,11H,3-4,7-8H2,1-2H3. The first-order valence-corrected chi connectivity index (χ1v) is 6.75. The number of aryl methyl sites for hydroxylation is 2. The first-order chi connectivity index (χ1) is 8.60. The molecule has 0 radical (unpaired) electrons. The number of morpholine rings is 1. The summed E-state index contributed by atoms with van der Waals surface area (Å²) in [7, 11) is 0. The Kier molecular flexibility index (Phi) is 4.12. The van der Waals surface area contributed by atoms with E-state index in [-0.39, 0.29) is 5.78 Å². The van der Waals surface area contributed by atoms with Crippen LogP contribution < -0.4 is 0 Å². The van der Waals surface area contributed by atoms with Crippen LogP contribution in [0.5, 0.6) is 0 Å². The van der Waals surface area contributed by atoms with E-state index in [1.165, 1.54) is 0 Å². The number of hydrogen-bond acceptors (Lipinski definition) is 5. The quantitative estimate of drug-likeness (QED) is 0.781. The summed E-state index contributed by atoms with van der Waals surface area (Å²) in [5.41, 5.74) is 0.817. The van der Waals surface area contributed by atoms with Gasteiger partial charge < -0.3 is 4.74 Å². The SMILES string of the molecule is Cc1cc(C(=O)CN2CCOC(C#N)C2)c(C)s1. The fourth-order valence-corrected chi connectivity index (χ4v) is 3.06. The molecule has 1 aliphatic heterocycles. The zero-order valence-electron chi connectivity index (χ0n) is 10.6. The Morgan fingerprint density at radius 1 is 1.67 bits per heavy atom. The number of carbonyl (C=O) groups is 1. The molecule has 2 heterocycles. The second kappa shape index (κ2) is 5.61. The molecule has 1 unspecified atom stereocenters. The Bertz CT molecular complexity index is 490. The van der Waals surface area contributed by atoms with Crippen LogP contribution in [0.25, 0.3) is 0 Å². The lowest BCUT2D eigenvalue weighted by Crippen LogP contribution is -2.44. The summed E-state index contributed by atoms with van der Waals surface area (Å²) in [6, 6.07) is 4.04. The molecular formula is C13H16N2O2S. The molecule has 1 atom stereocenters. The number of Topliss-reactive ketones (excluding diaryl/α,β-unsaturated/α-hetero) is 1. The van der Waals surface area contributed by atoms with Crippen molar-refractivity contribution in [2.45, 2.75) is 20.0 Å². The van der Waals surface area contributed by atoms with Crippen LogP contribution in [0.3, 0.4) is 0 Å². The molecule has 1 fully saturated rings. The molecule has 0 aromatic carbocycles. The van der Waals surface area contributed by atoms with Gasteiger partial charge in [-0.1, -0.05) is 0 Å². The number of rotatable bonds is 3. The van der Waals surface area contributed by atoms with Gasteiger partial charge in [0.05, 0.1) is 19.2 Å². The molecule has 1 aromatic heterocycles. The topological polar surface area (TPSA) is 53.3 Å². The number of thiophene rings is 1. The Balaban J connectivity index is 1.99. The second-order valence-electron chi connectivity index (χ2n) is 4.47. The van der Waals surface area contributed by atoms with Crippen molar-refractivity contribution in [1.29, 1.82) is 5.26 Å². The van der Waals surface area contributed by atoms with E-state index in [1.54, 1.807) is 11.3 Å². The van der Waals surface area contributed by atoms with Gasteiger partial charge in [0.25, 0.3) is 0 Å². The lowest BCUT2D eigenvalue weighted by Gasteiger charge is -2.28. The van der Waals surface area contributed by atoms with E-state index in [9.17, 15) is 4.79 Å². The number of ether oxygens (including phenoxy) is 1. The average Bonchev–Trinajstić information content (AvgIpc) is 2.69.